The third-order valence-corrected chi connectivity index (χ3v) is 8.94. The number of esters is 2. The highest BCUT2D eigenvalue weighted by atomic mass is 16.6. The second kappa shape index (κ2) is 6.83. The van der Waals surface area contributed by atoms with E-state index in [0.717, 1.165) is 38.5 Å². The van der Waals surface area contributed by atoms with Gasteiger partial charge in [-0.2, -0.15) is 0 Å². The standard InChI is InChI=1S/C24H36O5/c1-14(2)19-16-12-18-22(4)9-7-10-23(5,21(26)27-6)17(22)8-11-24(18,28-13-16)20(19)29-15(3)25/h16-18,20H,7-13H2,1-6H3. The van der Waals surface area contributed by atoms with E-state index in [2.05, 4.69) is 27.7 Å². The third-order valence-electron chi connectivity index (χ3n) is 8.94. The Hall–Kier alpha value is -1.36. The Morgan fingerprint density at radius 3 is 2.41 bits per heavy atom. The molecule has 5 heteroatoms. The monoisotopic (exact) mass is 404 g/mol. The Bertz CT molecular complexity index is 752. The van der Waals surface area contributed by atoms with Crippen LogP contribution in [-0.2, 0) is 23.8 Å². The molecule has 5 rings (SSSR count). The molecule has 2 saturated heterocycles. The fourth-order valence-corrected chi connectivity index (χ4v) is 7.89. The van der Waals surface area contributed by atoms with E-state index >= 15 is 0 Å². The minimum absolute atomic E-state index is 0.0241. The van der Waals surface area contributed by atoms with E-state index in [4.69, 9.17) is 14.2 Å². The largest absolute Gasteiger partial charge is 0.469 e. The molecule has 3 saturated carbocycles. The molecule has 7 unspecified atom stereocenters. The minimum atomic E-state index is -0.466. The van der Waals surface area contributed by atoms with Crippen molar-refractivity contribution in [1.82, 2.24) is 0 Å². The molecule has 1 spiro atoms. The molecule has 5 fully saturated rings. The lowest BCUT2D eigenvalue weighted by molar-refractivity contribution is -0.283. The van der Waals surface area contributed by atoms with Gasteiger partial charge in [0.25, 0.3) is 0 Å². The van der Waals surface area contributed by atoms with Gasteiger partial charge in [0.2, 0.25) is 0 Å². The summed E-state index contributed by atoms with van der Waals surface area (Å²) in [4.78, 5) is 24.9. The van der Waals surface area contributed by atoms with Crippen molar-refractivity contribution in [3.63, 3.8) is 0 Å². The first-order valence-corrected chi connectivity index (χ1v) is 11.2. The van der Waals surface area contributed by atoms with Crippen molar-refractivity contribution < 1.29 is 23.8 Å². The Morgan fingerprint density at radius 1 is 1.07 bits per heavy atom. The molecule has 0 aromatic heterocycles. The van der Waals surface area contributed by atoms with Gasteiger partial charge in [0.15, 0.2) is 6.10 Å². The average molecular weight is 405 g/mol. The first-order chi connectivity index (χ1) is 13.6. The Balaban J connectivity index is 1.79. The van der Waals surface area contributed by atoms with E-state index < -0.39 is 11.0 Å². The predicted molar refractivity (Wildman–Crippen MR) is 109 cm³/mol. The first kappa shape index (κ1) is 20.9. The SMILES string of the molecule is COC(=O)C1(C)CCCC2(C)C1CCC13OCC(CC21)C(=C(C)C)C3OC(C)=O. The van der Waals surface area contributed by atoms with Crippen molar-refractivity contribution in [3.05, 3.63) is 11.1 Å². The van der Waals surface area contributed by atoms with E-state index in [1.807, 2.05) is 0 Å². The fourth-order valence-electron chi connectivity index (χ4n) is 7.89. The number of hydrogen-bond acceptors (Lipinski definition) is 5. The predicted octanol–water partition coefficient (Wildman–Crippen LogP) is 4.44. The van der Waals surface area contributed by atoms with Crippen LogP contribution in [0.2, 0.25) is 0 Å². The second-order valence-electron chi connectivity index (χ2n) is 10.6. The molecule has 0 N–H and O–H groups in total. The normalized spacial score (nSPS) is 45.8. The molecule has 5 nitrogen and oxygen atoms in total. The van der Waals surface area contributed by atoms with E-state index in [1.54, 1.807) is 0 Å². The van der Waals surface area contributed by atoms with Crippen molar-refractivity contribution in [3.8, 4) is 0 Å². The van der Waals surface area contributed by atoms with Gasteiger partial charge in [-0.05, 0) is 75.7 Å². The summed E-state index contributed by atoms with van der Waals surface area (Å²) >= 11 is 0. The molecule has 7 atom stereocenters. The van der Waals surface area contributed by atoms with Crippen LogP contribution in [0, 0.1) is 28.6 Å². The molecule has 2 aliphatic heterocycles. The van der Waals surface area contributed by atoms with Gasteiger partial charge < -0.3 is 14.2 Å². The van der Waals surface area contributed by atoms with Crippen molar-refractivity contribution in [2.75, 3.05) is 13.7 Å². The van der Waals surface area contributed by atoms with E-state index in [0.29, 0.717) is 6.61 Å². The molecule has 5 aliphatic rings. The molecule has 2 heterocycles. The number of hydrogen-bond donors (Lipinski definition) is 0. The first-order valence-electron chi connectivity index (χ1n) is 11.2. The van der Waals surface area contributed by atoms with E-state index in [1.165, 1.54) is 25.2 Å². The molecule has 0 aromatic carbocycles. The highest BCUT2D eigenvalue weighted by molar-refractivity contribution is 5.77. The van der Waals surface area contributed by atoms with Gasteiger partial charge >= 0.3 is 11.9 Å². The Morgan fingerprint density at radius 2 is 1.79 bits per heavy atom. The summed E-state index contributed by atoms with van der Waals surface area (Å²) in [5.74, 6) is 0.520. The lowest BCUT2D eigenvalue weighted by Crippen LogP contribution is -2.71. The van der Waals surface area contributed by atoms with Crippen LogP contribution in [0.1, 0.15) is 73.1 Å². The third kappa shape index (κ3) is 2.75. The molecule has 162 valence electrons. The summed E-state index contributed by atoms with van der Waals surface area (Å²) in [6, 6.07) is 0. The van der Waals surface area contributed by atoms with Crippen LogP contribution >= 0.6 is 0 Å². The maximum atomic E-state index is 12.8. The molecule has 2 bridgehead atoms. The smallest absolute Gasteiger partial charge is 0.311 e. The number of ether oxygens (including phenoxy) is 3. The van der Waals surface area contributed by atoms with Crippen LogP contribution in [0.15, 0.2) is 11.1 Å². The van der Waals surface area contributed by atoms with Gasteiger partial charge in [0.05, 0.1) is 19.1 Å². The number of methoxy groups -OCH3 is 1. The lowest BCUT2D eigenvalue weighted by Gasteiger charge is -2.68. The van der Waals surface area contributed by atoms with Crippen molar-refractivity contribution >= 4 is 11.9 Å². The zero-order valence-electron chi connectivity index (χ0n) is 18.8. The van der Waals surface area contributed by atoms with Crippen molar-refractivity contribution in [1.29, 1.82) is 0 Å². The molecule has 0 radical (unpaired) electrons. The fraction of sp³-hybridized carbons (Fsp3) is 0.833. The molecule has 0 amide bonds. The van der Waals surface area contributed by atoms with E-state index in [-0.39, 0.29) is 41.2 Å². The van der Waals surface area contributed by atoms with Gasteiger partial charge in [0.1, 0.15) is 5.60 Å². The van der Waals surface area contributed by atoms with Crippen LogP contribution in [-0.4, -0.2) is 37.4 Å². The Kier molecular flexibility index (Phi) is 4.92. The van der Waals surface area contributed by atoms with Crippen molar-refractivity contribution in [2.24, 2.45) is 28.6 Å². The van der Waals surface area contributed by atoms with Gasteiger partial charge in [-0.25, -0.2) is 0 Å². The molecule has 29 heavy (non-hydrogen) atoms. The zero-order chi connectivity index (χ0) is 21.2. The maximum Gasteiger partial charge on any atom is 0.311 e. The van der Waals surface area contributed by atoms with Gasteiger partial charge in [-0.1, -0.05) is 18.9 Å². The Labute approximate surface area is 174 Å². The minimum Gasteiger partial charge on any atom is -0.469 e. The summed E-state index contributed by atoms with van der Waals surface area (Å²) in [6.45, 7) is 10.9. The summed E-state index contributed by atoms with van der Waals surface area (Å²) in [5, 5.41) is 0. The summed E-state index contributed by atoms with van der Waals surface area (Å²) in [7, 11) is 1.51. The number of allylic oxidation sites excluding steroid dienone is 1. The number of carbonyl (C=O) groups excluding carboxylic acids is 2. The van der Waals surface area contributed by atoms with Crippen LogP contribution in [0.4, 0.5) is 0 Å². The number of carbonyl (C=O) groups is 2. The topological polar surface area (TPSA) is 61.8 Å². The maximum absolute atomic E-state index is 12.8. The lowest BCUT2D eigenvalue weighted by atomic mass is 9.41. The highest BCUT2D eigenvalue weighted by Gasteiger charge is 2.70. The van der Waals surface area contributed by atoms with Gasteiger partial charge in [-0.3, -0.25) is 9.59 Å². The molecular weight excluding hydrogens is 368 g/mol. The van der Waals surface area contributed by atoms with Crippen LogP contribution < -0.4 is 0 Å². The number of fused-ring (bicyclic) bond motifs is 3. The van der Waals surface area contributed by atoms with Crippen molar-refractivity contribution in [2.45, 2.75) is 84.8 Å². The van der Waals surface area contributed by atoms with Crippen LogP contribution in [0.5, 0.6) is 0 Å². The van der Waals surface area contributed by atoms with E-state index in [9.17, 15) is 9.59 Å². The quantitative estimate of drug-likeness (QED) is 0.503. The zero-order valence-corrected chi connectivity index (χ0v) is 18.8. The molecule has 3 aliphatic carbocycles. The summed E-state index contributed by atoms with van der Waals surface area (Å²) in [5.41, 5.74) is 1.58. The van der Waals surface area contributed by atoms with Crippen LogP contribution in [0.25, 0.3) is 0 Å². The van der Waals surface area contributed by atoms with Crippen LogP contribution in [0.3, 0.4) is 0 Å². The molecule has 0 aromatic rings. The number of rotatable bonds is 2. The van der Waals surface area contributed by atoms with Gasteiger partial charge in [0, 0.05) is 12.8 Å². The average Bonchev–Trinajstić information content (AvgIpc) is 2.66. The molecular formula is C24H36O5. The summed E-state index contributed by atoms with van der Waals surface area (Å²) < 4.78 is 17.9. The summed E-state index contributed by atoms with van der Waals surface area (Å²) in [6.07, 6.45) is 5.47. The highest BCUT2D eigenvalue weighted by Crippen LogP contribution is 2.69. The van der Waals surface area contributed by atoms with Gasteiger partial charge in [-0.15, -0.1) is 0 Å². The second-order valence-corrected chi connectivity index (χ2v) is 10.6.